The van der Waals surface area contributed by atoms with E-state index in [2.05, 4.69) is 16.0 Å². The Morgan fingerprint density at radius 1 is 1.00 bits per heavy atom. The molecule has 0 heterocycles. The van der Waals surface area contributed by atoms with E-state index in [9.17, 15) is 37.7 Å². The molecule has 1 aromatic rings. The number of alkyl halides is 3. The molecular formula is C24H35F3N4O5. The molecule has 0 radical (unpaired) electrons. The van der Waals surface area contributed by atoms with Crippen LogP contribution in [0.2, 0.25) is 0 Å². The predicted molar refractivity (Wildman–Crippen MR) is 127 cm³/mol. The molecule has 12 heteroatoms. The van der Waals surface area contributed by atoms with Crippen molar-refractivity contribution >= 4 is 17.7 Å². The quantitative estimate of drug-likeness (QED) is 0.308. The highest BCUT2D eigenvalue weighted by atomic mass is 19.4. The zero-order chi connectivity index (χ0) is 27.8. The van der Waals surface area contributed by atoms with Gasteiger partial charge in [0.2, 0.25) is 24.3 Å². The van der Waals surface area contributed by atoms with Crippen LogP contribution in [0, 0.1) is 27.4 Å². The summed E-state index contributed by atoms with van der Waals surface area (Å²) in [5.74, 6) is -3.20. The third kappa shape index (κ3) is 9.46. The summed E-state index contributed by atoms with van der Waals surface area (Å²) in [6, 6.07) is 2.16. The van der Waals surface area contributed by atoms with Gasteiger partial charge in [-0.05, 0) is 29.4 Å². The maximum atomic E-state index is 13.4. The monoisotopic (exact) mass is 516 g/mol. The average molecular weight is 517 g/mol. The standard InChI is InChI=1S/C24H35F3N4O5/c1-14(2)11-16(13-31(35)36)20(32)30-19(23(3,4)5)22(34)29-18(21(33)28-6)12-15-9-7-8-10-17(15)24(25,26)27/h7-10,14,16,18-19H,11-13H2,1-6H3,(H,28,33)(H,29,34)(H,30,32)/t16-,18-,19-/m1/s1. The highest BCUT2D eigenvalue weighted by molar-refractivity contribution is 5.93. The number of likely N-dealkylation sites (N-methyl/N-ethyl adjacent to an activating group) is 1. The van der Waals surface area contributed by atoms with Crippen LogP contribution < -0.4 is 16.0 Å². The van der Waals surface area contributed by atoms with Crippen molar-refractivity contribution in [1.29, 1.82) is 0 Å². The minimum Gasteiger partial charge on any atom is -0.357 e. The first-order valence-corrected chi connectivity index (χ1v) is 11.6. The second kappa shape index (κ2) is 12.7. The fourth-order valence-electron chi connectivity index (χ4n) is 3.78. The first-order chi connectivity index (χ1) is 16.5. The predicted octanol–water partition coefficient (Wildman–Crippen LogP) is 2.95. The molecule has 0 saturated carbocycles. The molecule has 3 amide bonds. The highest BCUT2D eigenvalue weighted by Crippen LogP contribution is 2.32. The molecule has 0 fully saturated rings. The minimum atomic E-state index is -4.65. The number of nitrogens with one attached hydrogen (secondary N) is 3. The van der Waals surface area contributed by atoms with E-state index in [1.807, 2.05) is 0 Å². The van der Waals surface area contributed by atoms with E-state index in [1.165, 1.54) is 25.2 Å². The smallest absolute Gasteiger partial charge is 0.357 e. The first kappa shape index (κ1) is 30.9. The second-order valence-electron chi connectivity index (χ2n) is 10.2. The van der Waals surface area contributed by atoms with Crippen molar-refractivity contribution in [3.8, 4) is 0 Å². The summed E-state index contributed by atoms with van der Waals surface area (Å²) in [6.45, 7) is 7.95. The Morgan fingerprint density at radius 3 is 2.06 bits per heavy atom. The number of nitro groups is 1. The topological polar surface area (TPSA) is 130 Å². The number of rotatable bonds is 11. The number of carbonyl (C=O) groups is 3. The van der Waals surface area contributed by atoms with Crippen LogP contribution in [0.4, 0.5) is 13.2 Å². The Kier molecular flexibility index (Phi) is 10.9. The van der Waals surface area contributed by atoms with Crippen LogP contribution in [0.25, 0.3) is 0 Å². The maximum Gasteiger partial charge on any atom is 0.416 e. The van der Waals surface area contributed by atoms with E-state index in [0.29, 0.717) is 0 Å². The zero-order valence-electron chi connectivity index (χ0n) is 21.4. The summed E-state index contributed by atoms with van der Waals surface area (Å²) >= 11 is 0. The van der Waals surface area contributed by atoms with Gasteiger partial charge in [0, 0.05) is 18.4 Å². The van der Waals surface area contributed by atoms with Crippen LogP contribution >= 0.6 is 0 Å². The highest BCUT2D eigenvalue weighted by Gasteiger charge is 2.38. The molecule has 3 atom stereocenters. The van der Waals surface area contributed by atoms with E-state index in [-0.39, 0.29) is 17.9 Å². The third-order valence-corrected chi connectivity index (χ3v) is 5.54. The summed E-state index contributed by atoms with van der Waals surface area (Å²) in [4.78, 5) is 49.1. The average Bonchev–Trinajstić information content (AvgIpc) is 2.73. The zero-order valence-corrected chi connectivity index (χ0v) is 21.4. The lowest BCUT2D eigenvalue weighted by molar-refractivity contribution is -0.486. The minimum absolute atomic E-state index is 0.0195. The van der Waals surface area contributed by atoms with Gasteiger partial charge in [-0.25, -0.2) is 0 Å². The molecule has 202 valence electrons. The third-order valence-electron chi connectivity index (χ3n) is 5.54. The lowest BCUT2D eigenvalue weighted by Crippen LogP contribution is -2.59. The largest absolute Gasteiger partial charge is 0.416 e. The van der Waals surface area contributed by atoms with E-state index >= 15 is 0 Å². The van der Waals surface area contributed by atoms with Crippen LogP contribution in [0.5, 0.6) is 0 Å². The van der Waals surface area contributed by atoms with Gasteiger partial charge in [0.05, 0.1) is 5.56 Å². The molecular weight excluding hydrogens is 481 g/mol. The molecule has 9 nitrogen and oxygen atoms in total. The van der Waals surface area contributed by atoms with Gasteiger partial charge >= 0.3 is 6.18 Å². The molecule has 3 N–H and O–H groups in total. The normalized spacial score (nSPS) is 14.5. The van der Waals surface area contributed by atoms with Crippen LogP contribution in [0.3, 0.4) is 0 Å². The Morgan fingerprint density at radius 2 is 1.58 bits per heavy atom. The van der Waals surface area contributed by atoms with E-state index in [4.69, 9.17) is 0 Å². The molecule has 1 aromatic carbocycles. The van der Waals surface area contributed by atoms with Crippen molar-refractivity contribution in [2.45, 2.75) is 65.7 Å². The lowest BCUT2D eigenvalue weighted by atomic mass is 9.85. The summed E-state index contributed by atoms with van der Waals surface area (Å²) in [5.41, 5.74) is -1.99. The van der Waals surface area contributed by atoms with Crippen molar-refractivity contribution in [2.75, 3.05) is 13.6 Å². The van der Waals surface area contributed by atoms with Crippen LogP contribution in [0.1, 0.15) is 52.2 Å². The van der Waals surface area contributed by atoms with Gasteiger partial charge in [-0.2, -0.15) is 13.2 Å². The van der Waals surface area contributed by atoms with Gasteiger partial charge in [0.1, 0.15) is 18.0 Å². The summed E-state index contributed by atoms with van der Waals surface area (Å²) < 4.78 is 40.3. The number of nitrogens with zero attached hydrogens (tertiary/aromatic N) is 1. The van der Waals surface area contributed by atoms with Gasteiger partial charge in [-0.15, -0.1) is 0 Å². The Bertz CT molecular complexity index is 944. The molecule has 0 aromatic heterocycles. The maximum absolute atomic E-state index is 13.4. The molecule has 36 heavy (non-hydrogen) atoms. The second-order valence-corrected chi connectivity index (χ2v) is 10.2. The summed E-state index contributed by atoms with van der Waals surface area (Å²) in [5, 5.41) is 18.4. The molecule has 1 rings (SSSR count). The van der Waals surface area contributed by atoms with Gasteiger partial charge in [0.15, 0.2) is 0 Å². The van der Waals surface area contributed by atoms with Gasteiger partial charge in [0.25, 0.3) is 0 Å². The Hall–Kier alpha value is -3.18. The van der Waals surface area contributed by atoms with Crippen molar-refractivity contribution in [3.63, 3.8) is 0 Å². The van der Waals surface area contributed by atoms with Crippen molar-refractivity contribution < 1.29 is 32.5 Å². The van der Waals surface area contributed by atoms with Crippen molar-refractivity contribution in [3.05, 3.63) is 45.5 Å². The van der Waals surface area contributed by atoms with Crippen LogP contribution in [0.15, 0.2) is 24.3 Å². The molecule has 0 bridgehead atoms. The number of halogens is 3. The van der Waals surface area contributed by atoms with Gasteiger partial charge in [-0.1, -0.05) is 52.8 Å². The molecule has 0 aliphatic heterocycles. The lowest BCUT2D eigenvalue weighted by Gasteiger charge is -2.32. The Labute approximate surface area is 208 Å². The van der Waals surface area contributed by atoms with E-state index in [1.54, 1.807) is 34.6 Å². The fourth-order valence-corrected chi connectivity index (χ4v) is 3.78. The number of benzene rings is 1. The summed E-state index contributed by atoms with van der Waals surface area (Å²) in [7, 11) is 1.29. The Balaban J connectivity index is 3.22. The molecule has 0 aliphatic carbocycles. The summed E-state index contributed by atoms with van der Waals surface area (Å²) in [6.07, 6.45) is -4.87. The number of carbonyl (C=O) groups excluding carboxylic acids is 3. The molecule has 0 spiro atoms. The van der Waals surface area contributed by atoms with E-state index in [0.717, 1.165) is 6.07 Å². The molecule has 0 aliphatic rings. The van der Waals surface area contributed by atoms with Crippen LogP contribution in [-0.4, -0.2) is 48.3 Å². The number of hydrogen-bond donors (Lipinski definition) is 3. The number of hydrogen-bond acceptors (Lipinski definition) is 5. The number of amides is 3. The molecule has 0 unspecified atom stereocenters. The van der Waals surface area contributed by atoms with E-state index < -0.39 is 70.8 Å². The SMILES string of the molecule is CNC(=O)[C@@H](Cc1ccccc1C(F)(F)F)NC(=O)[C@@H](NC(=O)[C@H](CC(C)C)C[N+](=O)[O-])C(C)(C)C. The fraction of sp³-hybridized carbons (Fsp3) is 0.625. The van der Waals surface area contributed by atoms with Crippen molar-refractivity contribution in [1.82, 2.24) is 16.0 Å². The van der Waals surface area contributed by atoms with Gasteiger partial charge < -0.3 is 16.0 Å². The first-order valence-electron chi connectivity index (χ1n) is 11.6. The van der Waals surface area contributed by atoms with Gasteiger partial charge in [-0.3, -0.25) is 24.5 Å². The molecule has 0 saturated heterocycles. The van der Waals surface area contributed by atoms with Crippen LogP contribution in [-0.2, 0) is 27.0 Å². The van der Waals surface area contributed by atoms with Crippen molar-refractivity contribution in [2.24, 2.45) is 17.3 Å².